The summed E-state index contributed by atoms with van der Waals surface area (Å²) in [4.78, 5) is 12.0. The lowest BCUT2D eigenvalue weighted by Crippen LogP contribution is -2.18. The van der Waals surface area contributed by atoms with Gasteiger partial charge in [0.2, 0.25) is 0 Å². The molecular weight excluding hydrogens is 363 g/mol. The standard InChI is InChI=1S/C17H14Cl2N4O2/c1-11-2-5-14(25-11)9-20-21-17(24)16-6-7-23(22-16)10-12-3-4-13(18)8-15(12)19/h2-9H,10H2,1H3,(H,21,24). The maximum absolute atomic E-state index is 12.0. The molecule has 0 radical (unpaired) electrons. The van der Waals surface area contributed by atoms with E-state index in [1.807, 2.05) is 19.1 Å². The van der Waals surface area contributed by atoms with Crippen LogP contribution in [0.15, 0.2) is 52.1 Å². The number of carbonyl (C=O) groups excluding carboxylic acids is 1. The molecule has 0 fully saturated rings. The van der Waals surface area contributed by atoms with Crippen molar-refractivity contribution in [2.75, 3.05) is 0 Å². The molecule has 1 amide bonds. The second kappa shape index (κ2) is 7.55. The van der Waals surface area contributed by atoms with Gasteiger partial charge in [-0.25, -0.2) is 5.43 Å². The van der Waals surface area contributed by atoms with Crippen molar-refractivity contribution in [1.82, 2.24) is 15.2 Å². The molecule has 0 atom stereocenters. The highest BCUT2D eigenvalue weighted by molar-refractivity contribution is 6.35. The molecule has 0 unspecified atom stereocenters. The zero-order chi connectivity index (χ0) is 17.8. The summed E-state index contributed by atoms with van der Waals surface area (Å²) in [5.74, 6) is 0.911. The number of nitrogens with one attached hydrogen (secondary N) is 1. The highest BCUT2D eigenvalue weighted by Gasteiger charge is 2.10. The van der Waals surface area contributed by atoms with Crippen LogP contribution in [0.5, 0.6) is 0 Å². The Labute approximate surface area is 154 Å². The Kier molecular flexibility index (Phi) is 5.21. The first-order valence-electron chi connectivity index (χ1n) is 7.38. The van der Waals surface area contributed by atoms with Gasteiger partial charge >= 0.3 is 0 Å². The number of aromatic nitrogens is 2. The van der Waals surface area contributed by atoms with Crippen molar-refractivity contribution in [3.8, 4) is 0 Å². The Balaban J connectivity index is 1.62. The SMILES string of the molecule is Cc1ccc(C=NNC(=O)c2ccn(Cc3ccc(Cl)cc3Cl)n2)o1. The first-order chi connectivity index (χ1) is 12.0. The lowest BCUT2D eigenvalue weighted by Gasteiger charge is -2.05. The van der Waals surface area contributed by atoms with Crippen LogP contribution in [0.4, 0.5) is 0 Å². The van der Waals surface area contributed by atoms with Gasteiger partial charge in [0.1, 0.15) is 11.5 Å². The van der Waals surface area contributed by atoms with Crippen LogP contribution in [0.1, 0.15) is 27.6 Å². The number of hydrazone groups is 1. The summed E-state index contributed by atoms with van der Waals surface area (Å²) >= 11 is 12.0. The number of hydrogen-bond donors (Lipinski definition) is 1. The molecule has 0 saturated heterocycles. The lowest BCUT2D eigenvalue weighted by molar-refractivity contribution is 0.0949. The molecule has 0 aliphatic heterocycles. The molecule has 0 aliphatic carbocycles. The number of rotatable bonds is 5. The third-order valence-corrected chi connectivity index (χ3v) is 3.93. The Hall–Kier alpha value is -2.57. The average Bonchev–Trinajstić information content (AvgIpc) is 3.19. The third-order valence-electron chi connectivity index (χ3n) is 3.34. The number of amides is 1. The van der Waals surface area contributed by atoms with E-state index in [4.69, 9.17) is 27.6 Å². The fourth-order valence-corrected chi connectivity index (χ4v) is 2.60. The first kappa shape index (κ1) is 17.3. The van der Waals surface area contributed by atoms with Crippen LogP contribution in [0, 0.1) is 6.92 Å². The Morgan fingerprint density at radius 2 is 2.16 bits per heavy atom. The van der Waals surface area contributed by atoms with E-state index in [0.717, 1.165) is 11.3 Å². The van der Waals surface area contributed by atoms with Crippen molar-refractivity contribution in [2.24, 2.45) is 5.10 Å². The molecule has 0 bridgehead atoms. The van der Waals surface area contributed by atoms with Crippen molar-refractivity contribution < 1.29 is 9.21 Å². The van der Waals surface area contributed by atoms with Gasteiger partial charge in [-0.15, -0.1) is 0 Å². The number of hydrogen-bond acceptors (Lipinski definition) is 4. The van der Waals surface area contributed by atoms with Crippen molar-refractivity contribution in [3.63, 3.8) is 0 Å². The summed E-state index contributed by atoms with van der Waals surface area (Å²) in [7, 11) is 0. The van der Waals surface area contributed by atoms with Gasteiger partial charge < -0.3 is 4.42 Å². The summed E-state index contributed by atoms with van der Waals surface area (Å²) < 4.78 is 6.93. The maximum Gasteiger partial charge on any atom is 0.291 e. The third kappa shape index (κ3) is 4.49. The number of nitrogens with zero attached hydrogens (tertiary/aromatic N) is 3. The van der Waals surface area contributed by atoms with Gasteiger partial charge in [0, 0.05) is 16.2 Å². The van der Waals surface area contributed by atoms with Gasteiger partial charge in [-0.2, -0.15) is 10.2 Å². The quantitative estimate of drug-likeness (QED) is 0.541. The molecule has 2 aromatic heterocycles. The summed E-state index contributed by atoms with van der Waals surface area (Å²) in [6.07, 6.45) is 3.12. The summed E-state index contributed by atoms with van der Waals surface area (Å²) in [6.45, 7) is 2.26. The van der Waals surface area contributed by atoms with Gasteiger partial charge in [-0.1, -0.05) is 29.3 Å². The molecule has 1 N–H and O–H groups in total. The van der Waals surface area contributed by atoms with Crippen molar-refractivity contribution in [1.29, 1.82) is 0 Å². The summed E-state index contributed by atoms with van der Waals surface area (Å²) in [5, 5.41) is 9.18. The van der Waals surface area contributed by atoms with Crippen LogP contribution in [-0.4, -0.2) is 21.9 Å². The van der Waals surface area contributed by atoms with E-state index in [-0.39, 0.29) is 5.69 Å². The minimum atomic E-state index is -0.416. The minimum absolute atomic E-state index is 0.248. The molecule has 0 spiro atoms. The van der Waals surface area contributed by atoms with E-state index in [2.05, 4.69) is 15.6 Å². The zero-order valence-electron chi connectivity index (χ0n) is 13.2. The summed E-state index contributed by atoms with van der Waals surface area (Å²) in [5.41, 5.74) is 3.51. The molecule has 0 aliphatic rings. The Morgan fingerprint density at radius 1 is 1.32 bits per heavy atom. The van der Waals surface area contributed by atoms with Crippen LogP contribution >= 0.6 is 23.2 Å². The van der Waals surface area contributed by atoms with Gasteiger partial charge in [0.15, 0.2) is 5.69 Å². The van der Waals surface area contributed by atoms with Crippen LogP contribution in [-0.2, 0) is 6.54 Å². The number of carbonyl (C=O) groups is 1. The molecular formula is C17H14Cl2N4O2. The Bertz CT molecular complexity index is 930. The molecule has 1 aromatic carbocycles. The van der Waals surface area contributed by atoms with Gasteiger partial charge in [0.25, 0.3) is 5.91 Å². The van der Waals surface area contributed by atoms with Crippen molar-refractivity contribution >= 4 is 35.3 Å². The average molecular weight is 377 g/mol. The smallest absolute Gasteiger partial charge is 0.291 e. The lowest BCUT2D eigenvalue weighted by atomic mass is 10.2. The van der Waals surface area contributed by atoms with Crippen molar-refractivity contribution in [2.45, 2.75) is 13.5 Å². The van der Waals surface area contributed by atoms with Crippen molar-refractivity contribution in [3.05, 3.63) is 75.4 Å². The maximum atomic E-state index is 12.0. The molecule has 25 heavy (non-hydrogen) atoms. The fraction of sp³-hybridized carbons (Fsp3) is 0.118. The van der Waals surface area contributed by atoms with Crippen LogP contribution in [0.2, 0.25) is 10.0 Å². The molecule has 6 nitrogen and oxygen atoms in total. The van der Waals surface area contributed by atoms with Crippen LogP contribution in [0.3, 0.4) is 0 Å². The normalized spacial score (nSPS) is 11.2. The van der Waals surface area contributed by atoms with E-state index in [9.17, 15) is 4.79 Å². The van der Waals surface area contributed by atoms with E-state index in [1.54, 1.807) is 35.1 Å². The number of aryl methyl sites for hydroxylation is 1. The van der Waals surface area contributed by atoms with Gasteiger partial charge in [0.05, 0.1) is 12.8 Å². The monoisotopic (exact) mass is 376 g/mol. The number of halogens is 2. The molecule has 2 heterocycles. The van der Waals surface area contributed by atoms with Gasteiger partial charge in [-0.3, -0.25) is 9.48 Å². The number of furan rings is 1. The number of benzene rings is 1. The first-order valence-corrected chi connectivity index (χ1v) is 8.14. The molecule has 8 heteroatoms. The zero-order valence-corrected chi connectivity index (χ0v) is 14.8. The molecule has 128 valence electrons. The summed E-state index contributed by atoms with van der Waals surface area (Å²) in [6, 6.07) is 10.4. The molecule has 0 saturated carbocycles. The predicted molar refractivity (Wildman–Crippen MR) is 96.3 cm³/mol. The van der Waals surface area contributed by atoms with E-state index in [0.29, 0.717) is 22.4 Å². The van der Waals surface area contributed by atoms with E-state index in [1.165, 1.54) is 6.21 Å². The highest BCUT2D eigenvalue weighted by Crippen LogP contribution is 2.21. The van der Waals surface area contributed by atoms with Crippen LogP contribution < -0.4 is 5.43 Å². The minimum Gasteiger partial charge on any atom is -0.460 e. The second-order valence-electron chi connectivity index (χ2n) is 5.28. The van der Waals surface area contributed by atoms with Gasteiger partial charge in [-0.05, 0) is 42.8 Å². The second-order valence-corrected chi connectivity index (χ2v) is 6.13. The largest absolute Gasteiger partial charge is 0.460 e. The highest BCUT2D eigenvalue weighted by atomic mass is 35.5. The van der Waals surface area contributed by atoms with E-state index >= 15 is 0 Å². The molecule has 3 aromatic rings. The topological polar surface area (TPSA) is 72.4 Å². The fourth-order valence-electron chi connectivity index (χ4n) is 2.13. The van der Waals surface area contributed by atoms with Crippen LogP contribution in [0.25, 0.3) is 0 Å². The predicted octanol–water partition coefficient (Wildman–Crippen LogP) is 3.90. The molecule has 3 rings (SSSR count). The Morgan fingerprint density at radius 3 is 2.88 bits per heavy atom. The van der Waals surface area contributed by atoms with E-state index < -0.39 is 5.91 Å².